The van der Waals surface area contributed by atoms with Gasteiger partial charge in [-0.1, -0.05) is 0 Å². The van der Waals surface area contributed by atoms with E-state index in [1.54, 1.807) is 18.3 Å². The number of hydrogen-bond acceptors (Lipinski definition) is 4. The largest absolute Gasteiger partial charge is 0.290 e. The van der Waals surface area contributed by atoms with E-state index in [0.29, 0.717) is 12.2 Å². The Hall–Kier alpha value is -1.23. The van der Waals surface area contributed by atoms with E-state index < -0.39 is 9.84 Å². The molecule has 0 aromatic carbocycles. The molecular weight excluding hydrogens is 188 g/mol. The topological polar surface area (TPSA) is 59.4 Å². The molecule has 0 spiro atoms. The van der Waals surface area contributed by atoms with Crippen LogP contribution in [0.5, 0.6) is 0 Å². The molecule has 0 aliphatic carbocycles. The van der Waals surface area contributed by atoms with Crippen molar-refractivity contribution < 1.29 is 8.42 Å². The van der Waals surface area contributed by atoms with Gasteiger partial charge in [0, 0.05) is 12.4 Å². The first-order valence-electron chi connectivity index (χ1n) is 3.88. The van der Waals surface area contributed by atoms with Crippen molar-refractivity contribution in [3.63, 3.8) is 0 Å². The van der Waals surface area contributed by atoms with E-state index in [1.807, 2.05) is 0 Å². The average molecular weight is 196 g/mol. The van der Waals surface area contributed by atoms with Crippen LogP contribution in [0, 0.1) is 0 Å². The summed E-state index contributed by atoms with van der Waals surface area (Å²) >= 11 is 0. The SMILES string of the molecule is O=S1(=O)CCN=Cc2ncccc21. The zero-order valence-corrected chi connectivity index (χ0v) is 7.66. The maximum absolute atomic E-state index is 11.6. The van der Waals surface area contributed by atoms with Crippen LogP contribution in [-0.2, 0) is 9.84 Å². The Bertz CT molecular complexity index is 451. The van der Waals surface area contributed by atoms with Gasteiger partial charge in [0.25, 0.3) is 0 Å². The lowest BCUT2D eigenvalue weighted by atomic mass is 10.4. The standard InChI is InChI=1S/C8H8N2O2S/c11-13(12)5-4-9-6-7-8(13)2-1-3-10-7/h1-3,6H,4-5H2. The average Bonchev–Trinajstić information content (AvgIpc) is 2.26. The molecule has 68 valence electrons. The lowest BCUT2D eigenvalue weighted by Gasteiger charge is -2.01. The summed E-state index contributed by atoms with van der Waals surface area (Å²) in [6.07, 6.45) is 3.07. The van der Waals surface area contributed by atoms with Gasteiger partial charge in [-0.25, -0.2) is 8.42 Å². The molecule has 4 nitrogen and oxygen atoms in total. The van der Waals surface area contributed by atoms with Crippen molar-refractivity contribution in [2.24, 2.45) is 4.99 Å². The van der Waals surface area contributed by atoms with E-state index in [4.69, 9.17) is 0 Å². The molecule has 2 heterocycles. The summed E-state index contributed by atoms with van der Waals surface area (Å²) in [4.78, 5) is 8.18. The van der Waals surface area contributed by atoms with Crippen molar-refractivity contribution in [3.8, 4) is 0 Å². The third-order valence-corrected chi connectivity index (χ3v) is 3.57. The number of sulfone groups is 1. The molecule has 0 amide bonds. The lowest BCUT2D eigenvalue weighted by molar-refractivity contribution is 0.596. The number of aromatic nitrogens is 1. The van der Waals surface area contributed by atoms with Crippen LogP contribution in [0.15, 0.2) is 28.2 Å². The second-order valence-electron chi connectivity index (χ2n) is 2.74. The molecule has 1 aliphatic rings. The van der Waals surface area contributed by atoms with Crippen molar-refractivity contribution in [2.45, 2.75) is 4.90 Å². The number of pyridine rings is 1. The Labute approximate surface area is 76.3 Å². The third-order valence-electron chi connectivity index (χ3n) is 1.84. The van der Waals surface area contributed by atoms with Crippen LogP contribution in [-0.4, -0.2) is 31.9 Å². The number of rotatable bonds is 0. The highest BCUT2D eigenvalue weighted by Gasteiger charge is 2.19. The molecule has 0 saturated heterocycles. The Morgan fingerprint density at radius 2 is 2.23 bits per heavy atom. The Morgan fingerprint density at radius 3 is 3.08 bits per heavy atom. The highest BCUT2D eigenvalue weighted by molar-refractivity contribution is 7.91. The van der Waals surface area contributed by atoms with Crippen LogP contribution >= 0.6 is 0 Å². The molecular formula is C8H8N2O2S. The van der Waals surface area contributed by atoms with Gasteiger partial charge in [0.2, 0.25) is 0 Å². The second-order valence-corrected chi connectivity index (χ2v) is 4.82. The monoisotopic (exact) mass is 196 g/mol. The van der Waals surface area contributed by atoms with Gasteiger partial charge in [-0.3, -0.25) is 9.98 Å². The predicted octanol–water partition coefficient (Wildman–Crippen LogP) is 0.288. The first kappa shape index (κ1) is 8.37. The van der Waals surface area contributed by atoms with E-state index in [-0.39, 0.29) is 10.6 Å². The Morgan fingerprint density at radius 1 is 1.38 bits per heavy atom. The minimum atomic E-state index is -3.17. The number of hydrogen-bond donors (Lipinski definition) is 0. The van der Waals surface area contributed by atoms with Crippen LogP contribution in [0.3, 0.4) is 0 Å². The second kappa shape index (κ2) is 2.92. The first-order valence-corrected chi connectivity index (χ1v) is 5.53. The van der Waals surface area contributed by atoms with Gasteiger partial charge in [0.05, 0.1) is 22.9 Å². The summed E-state index contributed by atoms with van der Waals surface area (Å²) in [5.74, 6) is 0.0716. The Kier molecular flexibility index (Phi) is 1.88. The summed E-state index contributed by atoms with van der Waals surface area (Å²) in [5, 5.41) is 0. The maximum Gasteiger partial charge on any atom is 0.182 e. The molecule has 2 rings (SSSR count). The van der Waals surface area contributed by atoms with E-state index in [2.05, 4.69) is 9.98 Å². The van der Waals surface area contributed by atoms with E-state index >= 15 is 0 Å². The molecule has 0 N–H and O–H groups in total. The molecule has 0 unspecified atom stereocenters. The normalized spacial score (nSPS) is 19.1. The molecule has 0 radical (unpaired) electrons. The van der Waals surface area contributed by atoms with Crippen molar-refractivity contribution in [1.82, 2.24) is 4.98 Å². The van der Waals surface area contributed by atoms with Gasteiger partial charge >= 0.3 is 0 Å². The summed E-state index contributed by atoms with van der Waals surface area (Å²) in [6, 6.07) is 3.19. The van der Waals surface area contributed by atoms with Crippen molar-refractivity contribution in [3.05, 3.63) is 24.0 Å². The number of aliphatic imine (C=N–C) groups is 1. The zero-order valence-electron chi connectivity index (χ0n) is 6.84. The molecule has 1 aromatic heterocycles. The van der Waals surface area contributed by atoms with Gasteiger partial charge in [0.1, 0.15) is 0 Å². The first-order chi connectivity index (χ1) is 6.20. The third kappa shape index (κ3) is 1.47. The van der Waals surface area contributed by atoms with Gasteiger partial charge in [-0.05, 0) is 12.1 Å². The highest BCUT2D eigenvalue weighted by atomic mass is 32.2. The molecule has 13 heavy (non-hydrogen) atoms. The number of fused-ring (bicyclic) bond motifs is 1. The van der Waals surface area contributed by atoms with Gasteiger partial charge < -0.3 is 0 Å². The van der Waals surface area contributed by atoms with Crippen molar-refractivity contribution in [1.29, 1.82) is 0 Å². The van der Waals surface area contributed by atoms with Crippen LogP contribution in [0.25, 0.3) is 0 Å². The van der Waals surface area contributed by atoms with Crippen LogP contribution < -0.4 is 0 Å². The van der Waals surface area contributed by atoms with E-state index in [0.717, 1.165) is 0 Å². The zero-order chi connectivity index (χ0) is 9.31. The van der Waals surface area contributed by atoms with Gasteiger partial charge in [-0.15, -0.1) is 0 Å². The molecule has 0 fully saturated rings. The summed E-state index contributed by atoms with van der Waals surface area (Å²) in [7, 11) is -3.17. The summed E-state index contributed by atoms with van der Waals surface area (Å²) < 4.78 is 23.1. The molecule has 5 heteroatoms. The molecule has 0 saturated carbocycles. The minimum Gasteiger partial charge on any atom is -0.290 e. The quantitative estimate of drug-likeness (QED) is 0.599. The fourth-order valence-electron chi connectivity index (χ4n) is 1.20. The molecule has 0 bridgehead atoms. The predicted molar refractivity (Wildman–Crippen MR) is 48.8 cm³/mol. The van der Waals surface area contributed by atoms with Crippen molar-refractivity contribution >= 4 is 16.1 Å². The van der Waals surface area contributed by atoms with Crippen LogP contribution in [0.4, 0.5) is 0 Å². The maximum atomic E-state index is 11.6. The van der Waals surface area contributed by atoms with Gasteiger partial charge in [0.15, 0.2) is 9.84 Å². The van der Waals surface area contributed by atoms with Gasteiger partial charge in [-0.2, -0.15) is 0 Å². The molecule has 1 aliphatic heterocycles. The van der Waals surface area contributed by atoms with Crippen molar-refractivity contribution in [2.75, 3.05) is 12.3 Å². The lowest BCUT2D eigenvalue weighted by Crippen LogP contribution is -2.09. The fourth-order valence-corrected chi connectivity index (χ4v) is 2.47. The number of nitrogens with zero attached hydrogens (tertiary/aromatic N) is 2. The van der Waals surface area contributed by atoms with Crippen LogP contribution in [0.1, 0.15) is 5.69 Å². The molecule has 1 aromatic rings. The van der Waals surface area contributed by atoms with E-state index in [1.165, 1.54) is 6.21 Å². The summed E-state index contributed by atoms with van der Waals surface area (Å²) in [5.41, 5.74) is 0.444. The van der Waals surface area contributed by atoms with E-state index in [9.17, 15) is 8.42 Å². The Balaban J connectivity index is 2.70. The minimum absolute atomic E-state index is 0.0716. The molecule has 0 atom stereocenters. The highest BCUT2D eigenvalue weighted by Crippen LogP contribution is 2.15. The summed E-state index contributed by atoms with van der Waals surface area (Å²) in [6.45, 7) is 0.318. The smallest absolute Gasteiger partial charge is 0.182 e. The fraction of sp³-hybridized carbons (Fsp3) is 0.250. The van der Waals surface area contributed by atoms with Crippen LogP contribution in [0.2, 0.25) is 0 Å².